The normalized spacial score (nSPS) is 10.3. The fraction of sp³-hybridized carbons (Fsp3) is 0.318. The van der Waals surface area contributed by atoms with Crippen LogP contribution in [0.1, 0.15) is 35.7 Å². The minimum atomic E-state index is -0.450. The molecule has 2 aromatic carbocycles. The van der Waals surface area contributed by atoms with Gasteiger partial charge >= 0.3 is 5.97 Å². The molecule has 0 radical (unpaired) electrons. The van der Waals surface area contributed by atoms with Crippen molar-refractivity contribution in [3.8, 4) is 5.75 Å². The maximum absolute atomic E-state index is 12.3. The summed E-state index contributed by atoms with van der Waals surface area (Å²) >= 11 is 1.46. The molecule has 0 unspecified atom stereocenters. The van der Waals surface area contributed by atoms with Crippen LogP contribution >= 0.6 is 11.8 Å². The van der Waals surface area contributed by atoms with E-state index in [0.29, 0.717) is 24.3 Å². The lowest BCUT2D eigenvalue weighted by Gasteiger charge is -2.10. The Bertz CT molecular complexity index is 864. The van der Waals surface area contributed by atoms with Gasteiger partial charge in [-0.1, -0.05) is 23.8 Å². The number of carbonyl (C=O) groups is 3. The Morgan fingerprint density at radius 1 is 1.07 bits per heavy atom. The molecule has 29 heavy (non-hydrogen) atoms. The molecule has 0 spiro atoms. The van der Waals surface area contributed by atoms with Gasteiger partial charge in [-0.15, -0.1) is 11.8 Å². The van der Waals surface area contributed by atoms with E-state index in [2.05, 4.69) is 5.32 Å². The molecule has 1 N–H and O–H groups in total. The third-order valence-corrected chi connectivity index (χ3v) is 4.81. The molecule has 2 aromatic rings. The number of benzene rings is 2. The minimum absolute atomic E-state index is 0.168. The summed E-state index contributed by atoms with van der Waals surface area (Å²) in [5.74, 6) is -0.242. The molecule has 0 saturated heterocycles. The van der Waals surface area contributed by atoms with Crippen molar-refractivity contribution in [1.82, 2.24) is 0 Å². The number of hydrogen-bond donors (Lipinski definition) is 1. The number of ketones is 1. The zero-order chi connectivity index (χ0) is 21.2. The Labute approximate surface area is 175 Å². The molecule has 1 amide bonds. The predicted octanol–water partition coefficient (Wildman–Crippen LogP) is 4.26. The summed E-state index contributed by atoms with van der Waals surface area (Å²) in [4.78, 5) is 36.3. The van der Waals surface area contributed by atoms with E-state index >= 15 is 0 Å². The van der Waals surface area contributed by atoms with E-state index in [1.165, 1.54) is 18.7 Å². The lowest BCUT2D eigenvalue weighted by Crippen LogP contribution is -2.15. The summed E-state index contributed by atoms with van der Waals surface area (Å²) in [5.41, 5.74) is 2.09. The second-order valence-corrected chi connectivity index (χ2v) is 7.29. The van der Waals surface area contributed by atoms with E-state index in [0.717, 1.165) is 16.2 Å². The SMILES string of the molecule is CSc1ccc(C(=O)COC(=O)CCCOc2ccc(C)cc2)cc1NC(C)=O. The molecule has 0 aromatic heterocycles. The molecule has 6 nitrogen and oxygen atoms in total. The average Bonchev–Trinajstić information content (AvgIpc) is 2.70. The molecule has 0 aliphatic carbocycles. The van der Waals surface area contributed by atoms with Crippen molar-refractivity contribution < 1.29 is 23.9 Å². The molecule has 0 fully saturated rings. The summed E-state index contributed by atoms with van der Waals surface area (Å²) in [6, 6.07) is 12.7. The largest absolute Gasteiger partial charge is 0.494 e. The van der Waals surface area contributed by atoms with Gasteiger partial charge in [0.15, 0.2) is 12.4 Å². The molecule has 2 rings (SSSR count). The monoisotopic (exact) mass is 415 g/mol. The van der Waals surface area contributed by atoms with Crippen molar-refractivity contribution in [2.24, 2.45) is 0 Å². The number of rotatable bonds is 10. The number of nitrogens with one attached hydrogen (secondary N) is 1. The topological polar surface area (TPSA) is 81.7 Å². The number of ether oxygens (including phenoxy) is 2. The Morgan fingerprint density at radius 2 is 1.79 bits per heavy atom. The number of esters is 1. The van der Waals surface area contributed by atoms with Gasteiger partial charge in [0.2, 0.25) is 5.91 Å². The van der Waals surface area contributed by atoms with Crippen LogP contribution in [0, 0.1) is 6.92 Å². The highest BCUT2D eigenvalue weighted by Gasteiger charge is 2.13. The number of carbonyl (C=O) groups excluding carboxylic acids is 3. The molecule has 7 heteroatoms. The minimum Gasteiger partial charge on any atom is -0.494 e. The van der Waals surface area contributed by atoms with Crippen LogP contribution in [-0.4, -0.2) is 37.1 Å². The smallest absolute Gasteiger partial charge is 0.306 e. The van der Waals surface area contributed by atoms with Gasteiger partial charge in [0, 0.05) is 23.8 Å². The van der Waals surface area contributed by atoms with Gasteiger partial charge in [-0.2, -0.15) is 0 Å². The Morgan fingerprint density at radius 3 is 2.45 bits per heavy atom. The number of amides is 1. The van der Waals surface area contributed by atoms with Crippen LogP contribution in [0.4, 0.5) is 5.69 Å². The van der Waals surface area contributed by atoms with E-state index in [1.54, 1.807) is 18.2 Å². The van der Waals surface area contributed by atoms with Crippen LogP contribution in [-0.2, 0) is 14.3 Å². The first-order chi connectivity index (χ1) is 13.9. The zero-order valence-corrected chi connectivity index (χ0v) is 17.6. The fourth-order valence-electron chi connectivity index (χ4n) is 2.51. The summed E-state index contributed by atoms with van der Waals surface area (Å²) in [6.45, 7) is 3.46. The highest BCUT2D eigenvalue weighted by molar-refractivity contribution is 7.98. The van der Waals surface area contributed by atoms with Crippen molar-refractivity contribution in [2.75, 3.05) is 24.8 Å². The van der Waals surface area contributed by atoms with E-state index in [-0.39, 0.29) is 24.7 Å². The quantitative estimate of drug-likeness (QED) is 0.270. The van der Waals surface area contributed by atoms with Gasteiger partial charge in [0.05, 0.1) is 12.3 Å². The summed E-state index contributed by atoms with van der Waals surface area (Å²) in [7, 11) is 0. The van der Waals surface area contributed by atoms with Gasteiger partial charge in [-0.3, -0.25) is 14.4 Å². The number of aryl methyl sites for hydroxylation is 1. The lowest BCUT2D eigenvalue weighted by molar-refractivity contribution is -0.142. The molecule has 0 heterocycles. The van der Waals surface area contributed by atoms with Crippen LogP contribution in [0.5, 0.6) is 5.75 Å². The molecule has 0 aliphatic heterocycles. The Kier molecular flexibility index (Phi) is 8.73. The first-order valence-corrected chi connectivity index (χ1v) is 10.5. The maximum atomic E-state index is 12.3. The maximum Gasteiger partial charge on any atom is 0.306 e. The first kappa shape index (κ1) is 22.5. The molecule has 154 valence electrons. The molecule has 0 aliphatic rings. The lowest BCUT2D eigenvalue weighted by atomic mass is 10.1. The van der Waals surface area contributed by atoms with Gasteiger partial charge < -0.3 is 14.8 Å². The van der Waals surface area contributed by atoms with E-state index in [9.17, 15) is 14.4 Å². The van der Waals surface area contributed by atoms with Gasteiger partial charge in [0.1, 0.15) is 5.75 Å². The van der Waals surface area contributed by atoms with Crippen LogP contribution in [0.2, 0.25) is 0 Å². The summed E-state index contributed by atoms with van der Waals surface area (Å²) < 4.78 is 10.6. The fourth-order valence-corrected chi connectivity index (χ4v) is 3.05. The molecular formula is C22H25NO5S. The van der Waals surface area contributed by atoms with Crippen molar-refractivity contribution in [2.45, 2.75) is 31.6 Å². The Balaban J connectivity index is 1.77. The third-order valence-electron chi connectivity index (χ3n) is 4.01. The molecule has 0 saturated carbocycles. The number of anilines is 1. The van der Waals surface area contributed by atoms with Crippen LogP contribution in [0.15, 0.2) is 47.4 Å². The molecular weight excluding hydrogens is 390 g/mol. The highest BCUT2D eigenvalue weighted by Crippen LogP contribution is 2.26. The summed E-state index contributed by atoms with van der Waals surface area (Å²) in [6.07, 6.45) is 2.55. The number of thioether (sulfide) groups is 1. The second kappa shape index (κ2) is 11.3. The van der Waals surface area contributed by atoms with Crippen molar-refractivity contribution in [3.63, 3.8) is 0 Å². The van der Waals surface area contributed by atoms with Crippen molar-refractivity contribution in [1.29, 1.82) is 0 Å². The summed E-state index contributed by atoms with van der Waals surface area (Å²) in [5, 5.41) is 2.70. The van der Waals surface area contributed by atoms with Crippen LogP contribution < -0.4 is 10.1 Å². The van der Waals surface area contributed by atoms with Crippen molar-refractivity contribution in [3.05, 3.63) is 53.6 Å². The third kappa shape index (κ3) is 7.62. The second-order valence-electron chi connectivity index (χ2n) is 6.45. The standard InChI is InChI=1S/C22H25NO5S/c1-15-6-9-18(10-7-15)27-12-4-5-22(26)28-14-20(25)17-8-11-21(29-3)19(13-17)23-16(2)24/h6-11,13H,4-5,12,14H2,1-3H3,(H,23,24). The van der Waals surface area contributed by atoms with E-state index < -0.39 is 5.97 Å². The molecule has 0 atom stereocenters. The van der Waals surface area contributed by atoms with Gasteiger partial charge in [-0.05, 0) is 43.9 Å². The van der Waals surface area contributed by atoms with E-state index in [4.69, 9.17) is 9.47 Å². The predicted molar refractivity (Wildman–Crippen MR) is 114 cm³/mol. The highest BCUT2D eigenvalue weighted by atomic mass is 32.2. The average molecular weight is 416 g/mol. The van der Waals surface area contributed by atoms with Gasteiger partial charge in [-0.25, -0.2) is 0 Å². The van der Waals surface area contributed by atoms with Crippen LogP contribution in [0.25, 0.3) is 0 Å². The van der Waals surface area contributed by atoms with E-state index in [1.807, 2.05) is 37.4 Å². The molecule has 0 bridgehead atoms. The number of hydrogen-bond acceptors (Lipinski definition) is 6. The number of Topliss-reactive ketones (excluding diaryl/α,β-unsaturated/α-hetero) is 1. The van der Waals surface area contributed by atoms with Gasteiger partial charge in [0.25, 0.3) is 0 Å². The first-order valence-electron chi connectivity index (χ1n) is 9.23. The zero-order valence-electron chi connectivity index (χ0n) is 16.8. The Hall–Kier alpha value is -2.80. The van der Waals surface area contributed by atoms with Crippen molar-refractivity contribution >= 4 is 35.1 Å². The van der Waals surface area contributed by atoms with Crippen LogP contribution in [0.3, 0.4) is 0 Å².